The molecule has 1 rings (SSSR count). The molecule has 0 saturated heterocycles. The molecule has 0 aromatic heterocycles. The number of rotatable bonds is 5. The Balaban J connectivity index is 1.99. The summed E-state index contributed by atoms with van der Waals surface area (Å²) in [6, 6.07) is 0.771. The normalized spacial score (nSPS) is 21.5. The number of hydrogen-bond donors (Lipinski definition) is 1. The molecule has 0 heterocycles. The Morgan fingerprint density at radius 1 is 1.42 bits per heavy atom. The smallest absolute Gasteiger partial charge is 0.0671 e. The molecule has 12 heavy (non-hydrogen) atoms. The largest absolute Gasteiger partial charge is 0.377 e. The molecule has 0 amide bonds. The summed E-state index contributed by atoms with van der Waals surface area (Å²) in [4.78, 5) is 0. The van der Waals surface area contributed by atoms with Crippen LogP contribution >= 0.6 is 0 Å². The molecule has 1 fully saturated rings. The average Bonchev–Trinajstić information content (AvgIpc) is 2.53. The van der Waals surface area contributed by atoms with Crippen LogP contribution in [0.4, 0.5) is 0 Å². The molecule has 0 aromatic rings. The SMILES string of the molecule is CCOC(C)CNC1CCCC1. The first kappa shape index (κ1) is 10.0. The molecule has 2 nitrogen and oxygen atoms in total. The Bertz CT molecular complexity index is 110. The minimum absolute atomic E-state index is 0.371. The van der Waals surface area contributed by atoms with E-state index in [0.717, 1.165) is 19.2 Å². The molecular formula is C10H21NO. The minimum Gasteiger partial charge on any atom is -0.377 e. The van der Waals surface area contributed by atoms with Gasteiger partial charge in [0.1, 0.15) is 0 Å². The molecule has 72 valence electrons. The fourth-order valence-electron chi connectivity index (χ4n) is 1.81. The third kappa shape index (κ3) is 3.55. The Hall–Kier alpha value is -0.0800. The van der Waals surface area contributed by atoms with Gasteiger partial charge >= 0.3 is 0 Å². The second-order valence-electron chi connectivity index (χ2n) is 3.66. The molecule has 1 N–H and O–H groups in total. The lowest BCUT2D eigenvalue weighted by molar-refractivity contribution is 0.0741. The Kier molecular flexibility index (Phi) is 4.62. The molecule has 1 saturated carbocycles. The topological polar surface area (TPSA) is 21.3 Å². The molecule has 1 unspecified atom stereocenters. The van der Waals surface area contributed by atoms with E-state index >= 15 is 0 Å². The van der Waals surface area contributed by atoms with Gasteiger partial charge in [-0.3, -0.25) is 0 Å². The summed E-state index contributed by atoms with van der Waals surface area (Å²) in [5.41, 5.74) is 0. The number of hydrogen-bond acceptors (Lipinski definition) is 2. The van der Waals surface area contributed by atoms with E-state index in [2.05, 4.69) is 12.2 Å². The fraction of sp³-hybridized carbons (Fsp3) is 1.00. The van der Waals surface area contributed by atoms with Crippen LogP contribution in [0, 0.1) is 0 Å². The van der Waals surface area contributed by atoms with E-state index in [9.17, 15) is 0 Å². The van der Waals surface area contributed by atoms with Crippen LogP contribution in [0.1, 0.15) is 39.5 Å². The van der Waals surface area contributed by atoms with Gasteiger partial charge in [0.2, 0.25) is 0 Å². The second kappa shape index (κ2) is 5.55. The highest BCUT2D eigenvalue weighted by molar-refractivity contribution is 4.74. The highest BCUT2D eigenvalue weighted by Crippen LogP contribution is 2.17. The zero-order valence-corrected chi connectivity index (χ0v) is 8.31. The van der Waals surface area contributed by atoms with Crippen molar-refractivity contribution in [2.75, 3.05) is 13.2 Å². The third-order valence-electron chi connectivity index (χ3n) is 2.50. The van der Waals surface area contributed by atoms with E-state index < -0.39 is 0 Å². The van der Waals surface area contributed by atoms with Crippen molar-refractivity contribution in [1.29, 1.82) is 0 Å². The van der Waals surface area contributed by atoms with E-state index in [4.69, 9.17) is 4.74 Å². The van der Waals surface area contributed by atoms with Crippen LogP contribution in [-0.4, -0.2) is 25.3 Å². The summed E-state index contributed by atoms with van der Waals surface area (Å²) in [6.07, 6.45) is 5.90. The standard InChI is InChI=1S/C10H21NO/c1-3-12-9(2)8-11-10-6-4-5-7-10/h9-11H,3-8H2,1-2H3. The first-order valence-corrected chi connectivity index (χ1v) is 5.18. The van der Waals surface area contributed by atoms with Crippen LogP contribution in [-0.2, 0) is 4.74 Å². The Morgan fingerprint density at radius 2 is 2.08 bits per heavy atom. The van der Waals surface area contributed by atoms with Crippen molar-refractivity contribution in [3.63, 3.8) is 0 Å². The maximum Gasteiger partial charge on any atom is 0.0671 e. The molecular weight excluding hydrogens is 150 g/mol. The maximum atomic E-state index is 5.44. The average molecular weight is 171 g/mol. The molecule has 0 radical (unpaired) electrons. The van der Waals surface area contributed by atoms with E-state index in [1.165, 1.54) is 25.7 Å². The summed E-state index contributed by atoms with van der Waals surface area (Å²) >= 11 is 0. The molecule has 1 aliphatic rings. The second-order valence-corrected chi connectivity index (χ2v) is 3.66. The lowest BCUT2D eigenvalue weighted by Crippen LogP contribution is -2.33. The predicted octanol–water partition coefficient (Wildman–Crippen LogP) is 1.94. The van der Waals surface area contributed by atoms with Crippen molar-refractivity contribution >= 4 is 0 Å². The monoisotopic (exact) mass is 171 g/mol. The van der Waals surface area contributed by atoms with Gasteiger partial charge in [-0.05, 0) is 26.7 Å². The van der Waals surface area contributed by atoms with Gasteiger partial charge < -0.3 is 10.1 Å². The lowest BCUT2D eigenvalue weighted by atomic mass is 10.2. The zero-order valence-electron chi connectivity index (χ0n) is 8.31. The van der Waals surface area contributed by atoms with Gasteiger partial charge in [0.25, 0.3) is 0 Å². The van der Waals surface area contributed by atoms with E-state index in [0.29, 0.717) is 6.10 Å². The molecule has 0 spiro atoms. The van der Waals surface area contributed by atoms with Gasteiger partial charge in [-0.25, -0.2) is 0 Å². The zero-order chi connectivity index (χ0) is 8.81. The van der Waals surface area contributed by atoms with Crippen LogP contribution in [0.5, 0.6) is 0 Å². The van der Waals surface area contributed by atoms with Crippen LogP contribution in [0.2, 0.25) is 0 Å². The Labute approximate surface area is 75.7 Å². The summed E-state index contributed by atoms with van der Waals surface area (Å²) in [7, 11) is 0. The van der Waals surface area contributed by atoms with Crippen molar-refractivity contribution in [2.45, 2.75) is 51.7 Å². The number of ether oxygens (including phenoxy) is 1. The molecule has 0 aromatic carbocycles. The van der Waals surface area contributed by atoms with Gasteiger partial charge in [-0.2, -0.15) is 0 Å². The van der Waals surface area contributed by atoms with E-state index in [1.807, 2.05) is 6.92 Å². The van der Waals surface area contributed by atoms with Gasteiger partial charge in [0.05, 0.1) is 6.10 Å². The quantitative estimate of drug-likeness (QED) is 0.682. The molecule has 1 atom stereocenters. The maximum absolute atomic E-state index is 5.44. The van der Waals surface area contributed by atoms with E-state index in [-0.39, 0.29) is 0 Å². The van der Waals surface area contributed by atoms with Crippen LogP contribution < -0.4 is 5.32 Å². The van der Waals surface area contributed by atoms with Crippen molar-refractivity contribution in [1.82, 2.24) is 5.32 Å². The van der Waals surface area contributed by atoms with Gasteiger partial charge in [0.15, 0.2) is 0 Å². The van der Waals surface area contributed by atoms with Gasteiger partial charge in [0, 0.05) is 19.2 Å². The van der Waals surface area contributed by atoms with Crippen LogP contribution in [0.25, 0.3) is 0 Å². The van der Waals surface area contributed by atoms with Crippen LogP contribution in [0.15, 0.2) is 0 Å². The molecule has 0 aliphatic heterocycles. The van der Waals surface area contributed by atoms with Crippen molar-refractivity contribution < 1.29 is 4.74 Å². The lowest BCUT2D eigenvalue weighted by Gasteiger charge is -2.16. The van der Waals surface area contributed by atoms with Gasteiger partial charge in [-0.15, -0.1) is 0 Å². The summed E-state index contributed by atoms with van der Waals surface area (Å²) in [5.74, 6) is 0. The predicted molar refractivity (Wildman–Crippen MR) is 51.3 cm³/mol. The van der Waals surface area contributed by atoms with Crippen molar-refractivity contribution in [3.8, 4) is 0 Å². The van der Waals surface area contributed by atoms with Crippen LogP contribution in [0.3, 0.4) is 0 Å². The minimum atomic E-state index is 0.371. The highest BCUT2D eigenvalue weighted by Gasteiger charge is 2.14. The third-order valence-corrected chi connectivity index (χ3v) is 2.50. The Morgan fingerprint density at radius 3 is 2.67 bits per heavy atom. The van der Waals surface area contributed by atoms with E-state index in [1.54, 1.807) is 0 Å². The van der Waals surface area contributed by atoms with Crippen molar-refractivity contribution in [2.24, 2.45) is 0 Å². The molecule has 0 bridgehead atoms. The van der Waals surface area contributed by atoms with Gasteiger partial charge in [-0.1, -0.05) is 12.8 Å². The summed E-state index contributed by atoms with van der Waals surface area (Å²) < 4.78 is 5.44. The van der Waals surface area contributed by atoms with Crippen molar-refractivity contribution in [3.05, 3.63) is 0 Å². The first-order valence-electron chi connectivity index (χ1n) is 5.18. The number of nitrogens with one attached hydrogen (secondary N) is 1. The summed E-state index contributed by atoms with van der Waals surface area (Å²) in [6.45, 7) is 6.02. The first-order chi connectivity index (χ1) is 5.83. The molecule has 1 aliphatic carbocycles. The molecule has 2 heteroatoms. The fourth-order valence-corrected chi connectivity index (χ4v) is 1.81. The highest BCUT2D eigenvalue weighted by atomic mass is 16.5. The summed E-state index contributed by atoms with van der Waals surface area (Å²) in [5, 5.41) is 3.54.